The summed E-state index contributed by atoms with van der Waals surface area (Å²) >= 11 is 6.57. The highest BCUT2D eigenvalue weighted by Gasteiger charge is 2.01. The molecule has 0 aliphatic heterocycles. The van der Waals surface area contributed by atoms with E-state index in [1.54, 1.807) is 29.5 Å². The molecule has 0 saturated carbocycles. The lowest BCUT2D eigenvalue weighted by molar-refractivity contribution is -0.115. The summed E-state index contributed by atoms with van der Waals surface area (Å²) in [5, 5.41) is 16.7. The number of anilines is 1. The molecule has 4 nitrogen and oxygen atoms in total. The molecule has 0 spiro atoms. The second-order valence-electron chi connectivity index (χ2n) is 3.84. The van der Waals surface area contributed by atoms with Crippen LogP contribution in [-0.4, -0.2) is 16.1 Å². The first kappa shape index (κ1) is 14.2. The Kier molecular flexibility index (Phi) is 4.86. The number of carbonyl (C=O) groups excluding carboxylic acids is 1. The maximum Gasteiger partial charge on any atom is 0.250 e. The molecule has 2 rings (SSSR count). The van der Waals surface area contributed by atoms with Gasteiger partial charge in [0.05, 0.1) is 0 Å². The average Bonchev–Trinajstić information content (AvgIpc) is 2.92. The Balaban J connectivity index is 1.85. The minimum atomic E-state index is -0.297. The summed E-state index contributed by atoms with van der Waals surface area (Å²) in [6.07, 6.45) is 3.15. The molecule has 3 N–H and O–H groups in total. The highest BCUT2D eigenvalue weighted by atomic mass is 32.1. The van der Waals surface area contributed by atoms with Crippen LogP contribution in [-0.2, 0) is 4.79 Å². The fraction of sp³-hybridized carbons (Fsp3) is 0. The van der Waals surface area contributed by atoms with Crippen molar-refractivity contribution >= 4 is 46.3 Å². The molecule has 0 aliphatic rings. The fourth-order valence-corrected chi connectivity index (χ4v) is 2.24. The molecular formula is C14H12N2O2S2. The lowest BCUT2D eigenvalue weighted by Gasteiger charge is -2.07. The van der Waals surface area contributed by atoms with E-state index < -0.39 is 0 Å². The molecule has 0 radical (unpaired) electrons. The maximum absolute atomic E-state index is 11.6. The van der Waals surface area contributed by atoms with Crippen molar-refractivity contribution in [3.05, 3.63) is 52.7 Å². The molecular weight excluding hydrogens is 292 g/mol. The molecule has 0 saturated heterocycles. The van der Waals surface area contributed by atoms with E-state index in [-0.39, 0.29) is 16.8 Å². The van der Waals surface area contributed by atoms with Crippen molar-refractivity contribution in [1.82, 2.24) is 5.32 Å². The van der Waals surface area contributed by atoms with E-state index in [0.717, 1.165) is 4.88 Å². The number of thiocarbonyl (C=S) groups is 1. The van der Waals surface area contributed by atoms with Crippen molar-refractivity contribution in [3.63, 3.8) is 0 Å². The average molecular weight is 304 g/mol. The highest BCUT2D eigenvalue weighted by molar-refractivity contribution is 7.80. The van der Waals surface area contributed by atoms with Crippen LogP contribution in [0, 0.1) is 0 Å². The maximum atomic E-state index is 11.6. The second-order valence-corrected chi connectivity index (χ2v) is 5.23. The summed E-state index contributed by atoms with van der Waals surface area (Å²) < 4.78 is 0. The summed E-state index contributed by atoms with van der Waals surface area (Å²) in [6.45, 7) is 0. The normalized spacial score (nSPS) is 10.4. The van der Waals surface area contributed by atoms with Gasteiger partial charge in [0.15, 0.2) is 5.11 Å². The zero-order valence-corrected chi connectivity index (χ0v) is 12.0. The Hall–Kier alpha value is -2.18. The van der Waals surface area contributed by atoms with Crippen molar-refractivity contribution in [3.8, 4) is 5.75 Å². The van der Waals surface area contributed by atoms with Gasteiger partial charge in [0.1, 0.15) is 5.75 Å². The fourth-order valence-electron chi connectivity index (χ4n) is 1.40. The molecule has 0 fully saturated rings. The summed E-state index contributed by atoms with van der Waals surface area (Å²) in [6, 6.07) is 10.2. The van der Waals surface area contributed by atoms with E-state index in [2.05, 4.69) is 10.6 Å². The first-order chi connectivity index (χ1) is 9.63. The Bertz CT molecular complexity index is 619. The zero-order chi connectivity index (χ0) is 14.4. The SMILES string of the molecule is O=C(/C=C/c1cccs1)NC(=S)Nc1ccc(O)cc1. The Labute approximate surface area is 125 Å². The molecule has 0 unspecified atom stereocenters. The van der Waals surface area contributed by atoms with Gasteiger partial charge in [-0.2, -0.15) is 0 Å². The summed E-state index contributed by atoms with van der Waals surface area (Å²) in [7, 11) is 0. The predicted octanol–water partition coefficient (Wildman–Crippen LogP) is 2.98. The molecule has 20 heavy (non-hydrogen) atoms. The number of amides is 1. The standard InChI is InChI=1S/C14H12N2O2S2/c17-11-5-3-10(4-6-11)15-14(19)16-13(18)8-7-12-2-1-9-20-12/h1-9,17H,(H2,15,16,18,19)/b8-7+. The Morgan fingerprint density at radius 3 is 2.65 bits per heavy atom. The summed E-state index contributed by atoms with van der Waals surface area (Å²) in [4.78, 5) is 12.6. The van der Waals surface area contributed by atoms with Crippen LogP contribution >= 0.6 is 23.6 Å². The highest BCUT2D eigenvalue weighted by Crippen LogP contribution is 2.13. The molecule has 102 valence electrons. The van der Waals surface area contributed by atoms with Crippen molar-refractivity contribution in [1.29, 1.82) is 0 Å². The molecule has 0 atom stereocenters. The Morgan fingerprint density at radius 2 is 2.00 bits per heavy atom. The van der Waals surface area contributed by atoms with Gasteiger partial charge in [-0.05, 0) is 54.0 Å². The van der Waals surface area contributed by atoms with Crippen LogP contribution < -0.4 is 10.6 Å². The second kappa shape index (κ2) is 6.83. The van der Waals surface area contributed by atoms with E-state index in [1.807, 2.05) is 17.5 Å². The number of carbonyl (C=O) groups is 1. The van der Waals surface area contributed by atoms with Gasteiger partial charge in [-0.3, -0.25) is 10.1 Å². The van der Waals surface area contributed by atoms with Gasteiger partial charge >= 0.3 is 0 Å². The van der Waals surface area contributed by atoms with Gasteiger partial charge in [-0.1, -0.05) is 6.07 Å². The minimum Gasteiger partial charge on any atom is -0.508 e. The van der Waals surface area contributed by atoms with Gasteiger partial charge in [0.2, 0.25) is 5.91 Å². The first-order valence-electron chi connectivity index (χ1n) is 5.76. The van der Waals surface area contributed by atoms with Gasteiger partial charge in [-0.15, -0.1) is 11.3 Å². The van der Waals surface area contributed by atoms with Crippen LogP contribution in [0.4, 0.5) is 5.69 Å². The largest absolute Gasteiger partial charge is 0.508 e. The number of hydrogen-bond acceptors (Lipinski definition) is 4. The van der Waals surface area contributed by atoms with E-state index in [9.17, 15) is 4.79 Å². The number of thiophene rings is 1. The number of benzene rings is 1. The lowest BCUT2D eigenvalue weighted by Crippen LogP contribution is -2.32. The minimum absolute atomic E-state index is 0.171. The molecule has 1 heterocycles. The number of phenols is 1. The first-order valence-corrected chi connectivity index (χ1v) is 7.05. The van der Waals surface area contributed by atoms with Crippen LogP contribution in [0.15, 0.2) is 47.9 Å². The Morgan fingerprint density at radius 1 is 1.25 bits per heavy atom. The third-order valence-electron chi connectivity index (χ3n) is 2.30. The molecule has 0 aliphatic carbocycles. The van der Waals surface area contributed by atoms with E-state index in [0.29, 0.717) is 5.69 Å². The third-order valence-corrected chi connectivity index (χ3v) is 3.35. The van der Waals surface area contributed by atoms with Crippen LogP contribution in [0.25, 0.3) is 6.08 Å². The van der Waals surface area contributed by atoms with Crippen molar-refractivity contribution in [2.45, 2.75) is 0 Å². The van der Waals surface area contributed by atoms with E-state index in [1.165, 1.54) is 18.2 Å². The van der Waals surface area contributed by atoms with Crippen LogP contribution in [0.1, 0.15) is 4.88 Å². The van der Waals surface area contributed by atoms with Gasteiger partial charge in [0, 0.05) is 16.6 Å². The monoisotopic (exact) mass is 304 g/mol. The summed E-state index contributed by atoms with van der Waals surface area (Å²) in [5.41, 5.74) is 0.690. The predicted molar refractivity (Wildman–Crippen MR) is 85.8 cm³/mol. The molecule has 1 aromatic heterocycles. The van der Waals surface area contributed by atoms with Gasteiger partial charge < -0.3 is 10.4 Å². The number of phenolic OH excluding ortho intramolecular Hbond substituents is 1. The molecule has 1 amide bonds. The molecule has 1 aromatic carbocycles. The molecule has 2 aromatic rings. The van der Waals surface area contributed by atoms with Crippen LogP contribution in [0.5, 0.6) is 5.75 Å². The van der Waals surface area contributed by atoms with Gasteiger partial charge in [0.25, 0.3) is 0 Å². The third kappa shape index (κ3) is 4.49. The lowest BCUT2D eigenvalue weighted by atomic mass is 10.3. The van der Waals surface area contributed by atoms with Crippen molar-refractivity contribution < 1.29 is 9.90 Å². The van der Waals surface area contributed by atoms with Crippen molar-refractivity contribution in [2.75, 3.05) is 5.32 Å². The number of aromatic hydroxyl groups is 1. The van der Waals surface area contributed by atoms with Crippen LogP contribution in [0.3, 0.4) is 0 Å². The number of hydrogen-bond donors (Lipinski definition) is 3. The number of nitrogens with one attached hydrogen (secondary N) is 2. The quantitative estimate of drug-likeness (QED) is 0.463. The van der Waals surface area contributed by atoms with Crippen LogP contribution in [0.2, 0.25) is 0 Å². The van der Waals surface area contributed by atoms with Crippen molar-refractivity contribution in [2.24, 2.45) is 0 Å². The molecule has 6 heteroatoms. The zero-order valence-electron chi connectivity index (χ0n) is 10.4. The summed E-state index contributed by atoms with van der Waals surface area (Å²) in [5.74, 6) is -0.126. The molecule has 0 bridgehead atoms. The van der Waals surface area contributed by atoms with Gasteiger partial charge in [-0.25, -0.2) is 0 Å². The topological polar surface area (TPSA) is 61.4 Å². The van der Waals surface area contributed by atoms with E-state index in [4.69, 9.17) is 17.3 Å². The van der Waals surface area contributed by atoms with E-state index >= 15 is 0 Å². The number of rotatable bonds is 3. The smallest absolute Gasteiger partial charge is 0.250 e.